The number of hydrogen-bond donors (Lipinski definition) is 1. The van der Waals surface area contributed by atoms with Gasteiger partial charge in [0.15, 0.2) is 0 Å². The number of benzene rings is 3. The first kappa shape index (κ1) is 21.0. The Morgan fingerprint density at radius 1 is 1.03 bits per heavy atom. The number of carbonyl (C=O) groups excluding carboxylic acids is 1. The summed E-state index contributed by atoms with van der Waals surface area (Å²) in [6.07, 6.45) is 3.26. The van der Waals surface area contributed by atoms with Gasteiger partial charge in [0.25, 0.3) is 0 Å². The molecular formula is C25H19Cl2NO3. The monoisotopic (exact) mass is 451 g/mol. The first-order valence-corrected chi connectivity index (χ1v) is 10.3. The molecule has 0 unspecified atom stereocenters. The van der Waals surface area contributed by atoms with Crippen molar-refractivity contribution in [1.82, 2.24) is 0 Å². The lowest BCUT2D eigenvalue weighted by atomic mass is 9.99. The van der Waals surface area contributed by atoms with Crippen LogP contribution in [0.4, 0.5) is 5.69 Å². The summed E-state index contributed by atoms with van der Waals surface area (Å²) in [5.41, 5.74) is 4.86. The minimum Gasteiger partial charge on any atom is -0.496 e. The first-order valence-electron chi connectivity index (χ1n) is 9.55. The molecule has 1 heterocycles. The van der Waals surface area contributed by atoms with Gasteiger partial charge in [0.1, 0.15) is 11.3 Å². The van der Waals surface area contributed by atoms with Crippen molar-refractivity contribution in [1.29, 1.82) is 0 Å². The molecule has 0 aliphatic heterocycles. The fraction of sp³-hybridized carbons (Fsp3) is 0.0800. The summed E-state index contributed by atoms with van der Waals surface area (Å²) < 4.78 is 11.3. The molecule has 0 saturated carbocycles. The van der Waals surface area contributed by atoms with Crippen LogP contribution in [0.3, 0.4) is 0 Å². The molecule has 31 heavy (non-hydrogen) atoms. The van der Waals surface area contributed by atoms with Crippen LogP contribution < -0.4 is 10.1 Å². The summed E-state index contributed by atoms with van der Waals surface area (Å²) >= 11 is 12.0. The molecule has 4 nitrogen and oxygen atoms in total. The second kappa shape index (κ2) is 8.88. The Bertz CT molecular complexity index is 1290. The third-order valence-electron chi connectivity index (χ3n) is 4.94. The van der Waals surface area contributed by atoms with Gasteiger partial charge in [-0.05, 0) is 42.3 Å². The predicted octanol–water partition coefficient (Wildman–Crippen LogP) is 7.46. The summed E-state index contributed by atoms with van der Waals surface area (Å²) in [6.45, 7) is 1.86. The molecule has 1 amide bonds. The van der Waals surface area contributed by atoms with E-state index in [0.29, 0.717) is 27.1 Å². The Kier molecular flexibility index (Phi) is 6.03. The lowest BCUT2D eigenvalue weighted by Crippen LogP contribution is -2.08. The Labute approximate surface area is 190 Å². The zero-order valence-corrected chi connectivity index (χ0v) is 18.4. The van der Waals surface area contributed by atoms with E-state index in [9.17, 15) is 4.79 Å². The van der Waals surface area contributed by atoms with Crippen LogP contribution in [-0.4, -0.2) is 13.0 Å². The average molecular weight is 452 g/mol. The van der Waals surface area contributed by atoms with Crippen molar-refractivity contribution in [2.45, 2.75) is 6.92 Å². The van der Waals surface area contributed by atoms with E-state index in [0.717, 1.165) is 27.6 Å². The van der Waals surface area contributed by atoms with E-state index in [1.807, 2.05) is 49.4 Å². The van der Waals surface area contributed by atoms with Crippen LogP contribution in [-0.2, 0) is 4.79 Å². The fourth-order valence-electron chi connectivity index (χ4n) is 3.40. The minimum absolute atomic E-state index is 0.284. The Morgan fingerprint density at radius 3 is 2.52 bits per heavy atom. The highest BCUT2D eigenvalue weighted by Gasteiger charge is 2.15. The zero-order valence-electron chi connectivity index (χ0n) is 16.9. The molecule has 0 saturated heterocycles. The molecule has 6 heteroatoms. The normalized spacial score (nSPS) is 11.5. The van der Waals surface area contributed by atoms with E-state index in [1.54, 1.807) is 31.6 Å². The highest BCUT2D eigenvalue weighted by atomic mass is 35.5. The lowest BCUT2D eigenvalue weighted by Gasteiger charge is -2.10. The Hall–Kier alpha value is -3.21. The van der Waals surface area contributed by atoms with E-state index in [-0.39, 0.29) is 5.91 Å². The van der Waals surface area contributed by atoms with Crippen molar-refractivity contribution in [2.24, 2.45) is 0 Å². The molecule has 0 atom stereocenters. The van der Waals surface area contributed by atoms with Crippen molar-refractivity contribution in [2.75, 3.05) is 12.4 Å². The molecule has 0 aliphatic carbocycles. The summed E-state index contributed by atoms with van der Waals surface area (Å²) in [5, 5.41) is 4.55. The number of halogens is 2. The molecule has 156 valence electrons. The maximum Gasteiger partial charge on any atom is 0.248 e. The van der Waals surface area contributed by atoms with Crippen molar-refractivity contribution < 1.29 is 13.9 Å². The van der Waals surface area contributed by atoms with Crippen molar-refractivity contribution >= 4 is 51.3 Å². The summed E-state index contributed by atoms with van der Waals surface area (Å²) in [7, 11) is 1.59. The number of furan rings is 1. The van der Waals surface area contributed by atoms with E-state index in [2.05, 4.69) is 5.32 Å². The number of fused-ring (bicyclic) bond motifs is 1. The summed E-state index contributed by atoms with van der Waals surface area (Å²) in [4.78, 5) is 12.6. The summed E-state index contributed by atoms with van der Waals surface area (Å²) in [6, 6.07) is 18.8. The SMILES string of the molecule is COc1cc2occ(-c3ccccc3)c2cc1/C(C)=C/C(=O)Nc1ccc(Cl)c(Cl)c1. The van der Waals surface area contributed by atoms with Crippen LogP contribution in [0.15, 0.2) is 77.4 Å². The number of amides is 1. The second-order valence-electron chi connectivity index (χ2n) is 7.01. The van der Waals surface area contributed by atoms with Gasteiger partial charge in [-0.25, -0.2) is 0 Å². The number of ether oxygens (including phenoxy) is 1. The van der Waals surface area contributed by atoms with Crippen LogP contribution in [0, 0.1) is 0 Å². The maximum atomic E-state index is 12.6. The molecular weight excluding hydrogens is 433 g/mol. The van der Waals surface area contributed by atoms with Crippen LogP contribution >= 0.6 is 23.2 Å². The number of rotatable bonds is 5. The van der Waals surface area contributed by atoms with Crippen LogP contribution in [0.1, 0.15) is 12.5 Å². The van der Waals surface area contributed by atoms with Gasteiger partial charge >= 0.3 is 0 Å². The van der Waals surface area contributed by atoms with Gasteiger partial charge < -0.3 is 14.5 Å². The van der Waals surface area contributed by atoms with E-state index < -0.39 is 0 Å². The Morgan fingerprint density at radius 2 is 1.81 bits per heavy atom. The van der Waals surface area contributed by atoms with Gasteiger partial charge in [-0.3, -0.25) is 4.79 Å². The largest absolute Gasteiger partial charge is 0.496 e. The number of nitrogens with one attached hydrogen (secondary N) is 1. The molecule has 0 fully saturated rings. The number of methoxy groups -OCH3 is 1. The summed E-state index contributed by atoms with van der Waals surface area (Å²) in [5.74, 6) is 0.339. The van der Waals surface area contributed by atoms with E-state index in [4.69, 9.17) is 32.4 Å². The number of carbonyl (C=O) groups is 1. The van der Waals surface area contributed by atoms with Crippen LogP contribution in [0.2, 0.25) is 10.0 Å². The lowest BCUT2D eigenvalue weighted by molar-refractivity contribution is -0.111. The van der Waals surface area contributed by atoms with Gasteiger partial charge in [-0.2, -0.15) is 0 Å². The topological polar surface area (TPSA) is 51.5 Å². The predicted molar refractivity (Wildman–Crippen MR) is 127 cm³/mol. The van der Waals surface area contributed by atoms with Gasteiger partial charge in [-0.1, -0.05) is 53.5 Å². The van der Waals surface area contributed by atoms with Crippen molar-refractivity contribution in [3.63, 3.8) is 0 Å². The second-order valence-corrected chi connectivity index (χ2v) is 7.82. The number of allylic oxidation sites excluding steroid dienone is 1. The molecule has 0 bridgehead atoms. The molecule has 4 aromatic rings. The molecule has 0 spiro atoms. The number of anilines is 1. The van der Waals surface area contributed by atoms with E-state index in [1.165, 1.54) is 6.08 Å². The third-order valence-corrected chi connectivity index (χ3v) is 5.68. The quantitative estimate of drug-likeness (QED) is 0.320. The molecule has 1 aromatic heterocycles. The highest BCUT2D eigenvalue weighted by molar-refractivity contribution is 6.42. The Balaban J connectivity index is 1.69. The minimum atomic E-state index is -0.284. The van der Waals surface area contributed by atoms with Gasteiger partial charge in [0, 0.05) is 34.3 Å². The van der Waals surface area contributed by atoms with Gasteiger partial charge in [-0.15, -0.1) is 0 Å². The highest BCUT2D eigenvalue weighted by Crippen LogP contribution is 2.37. The van der Waals surface area contributed by atoms with Crippen molar-refractivity contribution in [3.8, 4) is 16.9 Å². The van der Waals surface area contributed by atoms with Gasteiger partial charge in [0.2, 0.25) is 5.91 Å². The van der Waals surface area contributed by atoms with Crippen molar-refractivity contribution in [3.05, 3.63) is 88.6 Å². The van der Waals surface area contributed by atoms with E-state index >= 15 is 0 Å². The molecule has 1 N–H and O–H groups in total. The third kappa shape index (κ3) is 4.46. The first-order chi connectivity index (χ1) is 15.0. The molecule has 3 aromatic carbocycles. The fourth-order valence-corrected chi connectivity index (χ4v) is 3.70. The molecule has 4 rings (SSSR count). The molecule has 0 radical (unpaired) electrons. The van der Waals surface area contributed by atoms with Crippen LogP contribution in [0.5, 0.6) is 5.75 Å². The standard InChI is InChI=1S/C25H19Cl2NO3/c1-15(10-25(29)28-17-8-9-21(26)22(27)11-17)18-12-19-20(16-6-4-3-5-7-16)14-31-24(19)13-23(18)30-2/h3-14H,1-2H3,(H,28,29)/b15-10+. The zero-order chi connectivity index (χ0) is 22.0. The van der Waals surface area contributed by atoms with Gasteiger partial charge in [0.05, 0.1) is 23.4 Å². The average Bonchev–Trinajstić information content (AvgIpc) is 3.18. The smallest absolute Gasteiger partial charge is 0.248 e. The van der Waals surface area contributed by atoms with Crippen LogP contribution in [0.25, 0.3) is 27.7 Å². The number of hydrogen-bond acceptors (Lipinski definition) is 3. The maximum absolute atomic E-state index is 12.6. The molecule has 0 aliphatic rings.